The molecule has 6 heteroatoms. The fourth-order valence-electron chi connectivity index (χ4n) is 1.33. The molecule has 1 aromatic heterocycles. The van der Waals surface area contributed by atoms with E-state index in [0.29, 0.717) is 5.69 Å². The third kappa shape index (κ3) is 3.04. The summed E-state index contributed by atoms with van der Waals surface area (Å²) in [6, 6.07) is 9.25. The van der Waals surface area contributed by atoms with Gasteiger partial charge in [-0.2, -0.15) is 10.2 Å². The number of carbonyl (C=O) groups excluding carboxylic acids is 1. The maximum absolute atomic E-state index is 11.6. The largest absolute Gasteiger partial charge is 0.291 e. The molecule has 0 unspecified atom stereocenters. The highest BCUT2D eigenvalue weighted by molar-refractivity contribution is 9.10. The van der Waals surface area contributed by atoms with Gasteiger partial charge < -0.3 is 0 Å². The van der Waals surface area contributed by atoms with Crippen LogP contribution in [0.2, 0.25) is 0 Å². The number of aromatic amines is 1. The summed E-state index contributed by atoms with van der Waals surface area (Å²) in [6.07, 6.45) is 1.57. The van der Waals surface area contributed by atoms with Gasteiger partial charge in [-0.3, -0.25) is 9.89 Å². The maximum atomic E-state index is 11.6. The lowest BCUT2D eigenvalue weighted by molar-refractivity contribution is 0.0950. The Morgan fingerprint density at radius 3 is 2.94 bits per heavy atom. The molecule has 1 heterocycles. The lowest BCUT2D eigenvalue weighted by Gasteiger charge is -1.97. The van der Waals surface area contributed by atoms with Crippen LogP contribution < -0.4 is 5.43 Å². The summed E-state index contributed by atoms with van der Waals surface area (Å²) in [7, 11) is 0. The Bertz CT molecular complexity index is 591. The summed E-state index contributed by atoms with van der Waals surface area (Å²) in [4.78, 5) is 11.6. The van der Waals surface area contributed by atoms with Crippen molar-refractivity contribution in [1.29, 1.82) is 0 Å². The predicted octanol–water partition coefficient (Wildman–Crippen LogP) is 2.24. The molecule has 1 aromatic carbocycles. The number of aryl methyl sites for hydroxylation is 1. The Morgan fingerprint density at radius 1 is 1.50 bits per heavy atom. The second-order valence-electron chi connectivity index (χ2n) is 3.66. The number of nitrogens with zero attached hydrogens (tertiary/aromatic N) is 2. The van der Waals surface area contributed by atoms with Gasteiger partial charge in [-0.1, -0.05) is 34.1 Å². The minimum absolute atomic E-state index is 0.316. The van der Waals surface area contributed by atoms with E-state index in [4.69, 9.17) is 0 Å². The van der Waals surface area contributed by atoms with Crippen molar-refractivity contribution in [2.24, 2.45) is 5.10 Å². The summed E-state index contributed by atoms with van der Waals surface area (Å²) < 4.78 is 0.915. The summed E-state index contributed by atoms with van der Waals surface area (Å²) in [6.45, 7) is 1.83. The highest BCUT2D eigenvalue weighted by Crippen LogP contribution is 2.13. The quantitative estimate of drug-likeness (QED) is 0.674. The van der Waals surface area contributed by atoms with Crippen molar-refractivity contribution in [2.45, 2.75) is 6.92 Å². The number of benzene rings is 1. The molecule has 2 N–H and O–H groups in total. The second-order valence-corrected chi connectivity index (χ2v) is 4.51. The van der Waals surface area contributed by atoms with E-state index < -0.39 is 0 Å². The van der Waals surface area contributed by atoms with Gasteiger partial charge >= 0.3 is 0 Å². The summed E-state index contributed by atoms with van der Waals surface area (Å²) in [5.74, 6) is -0.345. The van der Waals surface area contributed by atoms with Gasteiger partial charge in [0, 0.05) is 15.7 Å². The fraction of sp³-hybridized carbons (Fsp3) is 0.0833. The molecule has 0 aliphatic heterocycles. The molecule has 0 spiro atoms. The van der Waals surface area contributed by atoms with Crippen molar-refractivity contribution in [3.8, 4) is 0 Å². The van der Waals surface area contributed by atoms with Gasteiger partial charge in [0.05, 0.1) is 6.21 Å². The molecule has 0 radical (unpaired) electrons. The first-order chi connectivity index (χ1) is 8.66. The molecule has 0 fully saturated rings. The van der Waals surface area contributed by atoms with Crippen LogP contribution in [0.4, 0.5) is 0 Å². The fourth-order valence-corrected chi connectivity index (χ4v) is 1.72. The number of hydrogen-bond donors (Lipinski definition) is 2. The van der Waals surface area contributed by atoms with Crippen LogP contribution in [0.3, 0.4) is 0 Å². The van der Waals surface area contributed by atoms with E-state index in [-0.39, 0.29) is 5.91 Å². The Hall–Kier alpha value is -1.95. The van der Waals surface area contributed by atoms with Gasteiger partial charge in [0.25, 0.3) is 5.91 Å². The zero-order valence-electron chi connectivity index (χ0n) is 9.64. The molecule has 5 nitrogen and oxygen atoms in total. The number of amides is 1. The number of hydrazone groups is 1. The van der Waals surface area contributed by atoms with Crippen molar-refractivity contribution in [3.05, 3.63) is 51.8 Å². The molecule has 0 atom stereocenters. The van der Waals surface area contributed by atoms with Crippen molar-refractivity contribution in [2.75, 3.05) is 0 Å². The van der Waals surface area contributed by atoms with Crippen molar-refractivity contribution >= 4 is 28.1 Å². The SMILES string of the molecule is Cc1cc(C(=O)N/N=C/c2ccccc2Br)n[nH]1. The smallest absolute Gasteiger partial charge is 0.282 e. The first-order valence-corrected chi connectivity index (χ1v) is 6.06. The normalized spacial score (nSPS) is 10.8. The molecule has 0 bridgehead atoms. The van der Waals surface area contributed by atoms with Crippen LogP contribution in [0.25, 0.3) is 0 Å². The zero-order valence-corrected chi connectivity index (χ0v) is 11.2. The van der Waals surface area contributed by atoms with E-state index >= 15 is 0 Å². The van der Waals surface area contributed by atoms with Gasteiger partial charge in [0.2, 0.25) is 0 Å². The van der Waals surface area contributed by atoms with Crippen LogP contribution in [0, 0.1) is 6.92 Å². The summed E-state index contributed by atoms with van der Waals surface area (Å²) in [5.41, 5.74) is 4.45. The number of H-pyrrole nitrogens is 1. The maximum Gasteiger partial charge on any atom is 0.291 e. The van der Waals surface area contributed by atoms with Gasteiger partial charge in [0.1, 0.15) is 0 Å². The first kappa shape index (κ1) is 12.5. The van der Waals surface area contributed by atoms with Gasteiger partial charge in [-0.15, -0.1) is 0 Å². The van der Waals surface area contributed by atoms with E-state index in [2.05, 4.69) is 36.7 Å². The molecular formula is C12H11BrN4O. The van der Waals surface area contributed by atoms with Crippen LogP contribution in [-0.4, -0.2) is 22.3 Å². The van der Waals surface area contributed by atoms with Crippen molar-refractivity contribution < 1.29 is 4.79 Å². The second kappa shape index (κ2) is 5.59. The minimum atomic E-state index is -0.345. The van der Waals surface area contributed by atoms with Crippen LogP contribution in [-0.2, 0) is 0 Å². The van der Waals surface area contributed by atoms with Crippen molar-refractivity contribution in [3.63, 3.8) is 0 Å². The lowest BCUT2D eigenvalue weighted by Crippen LogP contribution is -2.18. The van der Waals surface area contributed by atoms with Crippen LogP contribution in [0.5, 0.6) is 0 Å². The molecule has 18 heavy (non-hydrogen) atoms. The number of hydrogen-bond acceptors (Lipinski definition) is 3. The third-order valence-corrected chi connectivity index (χ3v) is 2.94. The number of aromatic nitrogens is 2. The average Bonchev–Trinajstić information content (AvgIpc) is 2.78. The molecule has 1 amide bonds. The van der Waals surface area contributed by atoms with E-state index in [1.807, 2.05) is 31.2 Å². The monoisotopic (exact) mass is 306 g/mol. The number of rotatable bonds is 3. The van der Waals surface area contributed by atoms with Crippen LogP contribution in [0.15, 0.2) is 39.9 Å². The first-order valence-electron chi connectivity index (χ1n) is 5.27. The van der Waals surface area contributed by atoms with Crippen LogP contribution in [0.1, 0.15) is 21.7 Å². The highest BCUT2D eigenvalue weighted by atomic mass is 79.9. The molecule has 92 valence electrons. The van der Waals surface area contributed by atoms with E-state index in [1.54, 1.807) is 12.3 Å². The van der Waals surface area contributed by atoms with E-state index in [0.717, 1.165) is 15.7 Å². The molecule has 0 aliphatic rings. The lowest BCUT2D eigenvalue weighted by atomic mass is 10.2. The Balaban J connectivity index is 2.00. The molecule has 0 saturated carbocycles. The molecule has 2 rings (SSSR count). The molecular weight excluding hydrogens is 296 g/mol. The van der Waals surface area contributed by atoms with Crippen LogP contribution >= 0.6 is 15.9 Å². The number of carbonyl (C=O) groups is 1. The Kier molecular flexibility index (Phi) is 3.88. The summed E-state index contributed by atoms with van der Waals surface area (Å²) in [5, 5.41) is 10.4. The van der Waals surface area contributed by atoms with Crippen molar-refractivity contribution in [1.82, 2.24) is 15.6 Å². The molecule has 0 aliphatic carbocycles. The van der Waals surface area contributed by atoms with Gasteiger partial charge in [-0.25, -0.2) is 5.43 Å². The zero-order chi connectivity index (χ0) is 13.0. The van der Waals surface area contributed by atoms with Gasteiger partial charge in [-0.05, 0) is 19.1 Å². The minimum Gasteiger partial charge on any atom is -0.282 e. The predicted molar refractivity (Wildman–Crippen MR) is 72.5 cm³/mol. The molecule has 2 aromatic rings. The van der Waals surface area contributed by atoms with E-state index in [1.165, 1.54) is 0 Å². The van der Waals surface area contributed by atoms with Gasteiger partial charge in [0.15, 0.2) is 5.69 Å². The number of halogens is 1. The molecule has 0 saturated heterocycles. The topological polar surface area (TPSA) is 70.1 Å². The Labute approximate surface area is 112 Å². The standard InChI is InChI=1S/C12H11BrN4O/c1-8-6-11(16-15-8)12(18)17-14-7-9-4-2-3-5-10(9)13/h2-7H,1H3,(H,15,16)(H,17,18)/b14-7+. The van der Waals surface area contributed by atoms with E-state index in [9.17, 15) is 4.79 Å². The number of nitrogens with one attached hydrogen (secondary N) is 2. The summed E-state index contributed by atoms with van der Waals surface area (Å²) >= 11 is 3.39. The third-order valence-electron chi connectivity index (χ3n) is 2.21. The Morgan fingerprint density at radius 2 is 2.28 bits per heavy atom. The average molecular weight is 307 g/mol. The highest BCUT2D eigenvalue weighted by Gasteiger charge is 2.07.